The number of hydrogen-bond donors (Lipinski definition) is 1. The zero-order valence-corrected chi connectivity index (χ0v) is 15.4. The monoisotopic (exact) mass is 361 g/mol. The van der Waals surface area contributed by atoms with Gasteiger partial charge in [0.1, 0.15) is 0 Å². The summed E-state index contributed by atoms with van der Waals surface area (Å²) in [6, 6.07) is 1.45. The lowest BCUT2D eigenvalue weighted by molar-refractivity contribution is -0.119. The van der Waals surface area contributed by atoms with Crippen LogP contribution in [0.15, 0.2) is 22.5 Å². The van der Waals surface area contributed by atoms with E-state index in [1.54, 1.807) is 18.9 Å². The lowest BCUT2D eigenvalue weighted by Gasteiger charge is -2.16. The number of likely N-dealkylation sites (N-methyl/N-ethyl adjacent to an activating group) is 1. The molecular weight excluding hydrogens is 338 g/mol. The predicted octanol–water partition coefficient (Wildman–Crippen LogP) is 1.90. The fourth-order valence-electron chi connectivity index (χ4n) is 2.90. The second-order valence-corrected chi connectivity index (χ2v) is 7.31. The van der Waals surface area contributed by atoms with Gasteiger partial charge in [-0.2, -0.15) is 4.52 Å². The number of aromatic nitrogens is 3. The number of nitrogens with one attached hydrogen (secondary N) is 1. The summed E-state index contributed by atoms with van der Waals surface area (Å²) in [5, 5.41) is 7.81. The summed E-state index contributed by atoms with van der Waals surface area (Å²) in [5.74, 6) is -0.0466. The van der Waals surface area contributed by atoms with Gasteiger partial charge in [-0.05, 0) is 39.0 Å². The van der Waals surface area contributed by atoms with Crippen molar-refractivity contribution >= 4 is 27.3 Å². The summed E-state index contributed by atoms with van der Waals surface area (Å²) in [6.45, 7) is 2.64. The number of anilines is 1. The summed E-state index contributed by atoms with van der Waals surface area (Å²) in [6.07, 6.45) is 8.08. The van der Waals surface area contributed by atoms with Crippen molar-refractivity contribution in [2.24, 2.45) is 0 Å². The molecule has 8 heteroatoms. The largest absolute Gasteiger partial charge is 0.354 e. The normalized spacial score (nSPS) is 14.4. The summed E-state index contributed by atoms with van der Waals surface area (Å²) in [5.41, 5.74) is 1.91. The third-order valence-electron chi connectivity index (χ3n) is 4.22. The van der Waals surface area contributed by atoms with Gasteiger partial charge in [0.25, 0.3) is 5.56 Å². The van der Waals surface area contributed by atoms with Crippen LogP contribution >= 0.6 is 11.3 Å². The molecule has 0 saturated carbocycles. The Labute approximate surface area is 150 Å². The maximum Gasteiger partial charge on any atom is 0.275 e. The summed E-state index contributed by atoms with van der Waals surface area (Å²) in [7, 11) is 1.79. The van der Waals surface area contributed by atoms with E-state index in [0.717, 1.165) is 19.3 Å². The zero-order chi connectivity index (χ0) is 17.8. The Hall–Kier alpha value is -2.22. The maximum absolute atomic E-state index is 12.1. The van der Waals surface area contributed by atoms with Crippen LogP contribution in [0.1, 0.15) is 37.8 Å². The van der Waals surface area contributed by atoms with Crippen LogP contribution < -0.4 is 15.8 Å². The Balaban J connectivity index is 1.55. The van der Waals surface area contributed by atoms with Crippen molar-refractivity contribution in [2.75, 3.05) is 25.0 Å². The molecule has 1 aliphatic carbocycles. The Morgan fingerprint density at radius 1 is 1.44 bits per heavy atom. The number of amides is 1. The predicted molar refractivity (Wildman–Crippen MR) is 99.3 cm³/mol. The molecule has 2 aromatic rings. The molecule has 25 heavy (non-hydrogen) atoms. The molecule has 0 unspecified atom stereocenters. The highest BCUT2D eigenvalue weighted by Gasteiger charge is 2.14. The van der Waals surface area contributed by atoms with Crippen molar-refractivity contribution in [2.45, 2.75) is 39.0 Å². The molecule has 0 aliphatic heterocycles. The first-order chi connectivity index (χ1) is 12.0. The first-order valence-corrected chi connectivity index (χ1v) is 9.38. The van der Waals surface area contributed by atoms with Gasteiger partial charge >= 0.3 is 0 Å². The zero-order valence-electron chi connectivity index (χ0n) is 14.6. The van der Waals surface area contributed by atoms with E-state index in [4.69, 9.17) is 0 Å². The smallest absolute Gasteiger partial charge is 0.275 e. The molecule has 0 bridgehead atoms. The molecule has 1 N–H and O–H groups in total. The van der Waals surface area contributed by atoms with Gasteiger partial charge in [0, 0.05) is 25.4 Å². The van der Waals surface area contributed by atoms with Crippen LogP contribution in [0.2, 0.25) is 0 Å². The van der Waals surface area contributed by atoms with Crippen molar-refractivity contribution in [3.63, 3.8) is 0 Å². The molecule has 3 rings (SSSR count). The number of carbonyl (C=O) groups is 1. The highest BCUT2D eigenvalue weighted by atomic mass is 32.1. The molecule has 1 amide bonds. The quantitative estimate of drug-likeness (QED) is 0.795. The van der Waals surface area contributed by atoms with Gasteiger partial charge in [-0.1, -0.05) is 23.0 Å². The minimum atomic E-state index is -0.205. The molecule has 0 atom stereocenters. The average Bonchev–Trinajstić information content (AvgIpc) is 3.00. The Morgan fingerprint density at radius 3 is 3.04 bits per heavy atom. The topological polar surface area (TPSA) is 79.6 Å². The van der Waals surface area contributed by atoms with E-state index in [-0.39, 0.29) is 18.0 Å². The second-order valence-electron chi connectivity index (χ2n) is 6.38. The lowest BCUT2D eigenvalue weighted by Crippen LogP contribution is -2.35. The summed E-state index contributed by atoms with van der Waals surface area (Å²) in [4.78, 5) is 30.6. The number of fused-ring (bicyclic) bond motifs is 1. The minimum Gasteiger partial charge on any atom is -0.354 e. The van der Waals surface area contributed by atoms with Gasteiger partial charge in [-0.3, -0.25) is 9.59 Å². The number of rotatable bonds is 6. The lowest BCUT2D eigenvalue weighted by atomic mass is 9.97. The number of carbonyl (C=O) groups excluding carboxylic acids is 1. The highest BCUT2D eigenvalue weighted by molar-refractivity contribution is 7.20. The molecule has 0 spiro atoms. The van der Waals surface area contributed by atoms with Gasteiger partial charge in [0.2, 0.25) is 16.0 Å². The molecule has 2 aromatic heterocycles. The van der Waals surface area contributed by atoms with Crippen molar-refractivity contribution in [3.05, 3.63) is 33.8 Å². The fraction of sp³-hybridized carbons (Fsp3) is 0.529. The minimum absolute atomic E-state index is 0.0466. The second kappa shape index (κ2) is 7.77. The Morgan fingerprint density at radius 2 is 2.28 bits per heavy atom. The SMILES string of the molecule is Cc1cc(=O)n2nc(N(C)CC(=O)NCCC3=CCCCC3)sc2n1. The molecule has 0 fully saturated rings. The molecule has 1 aliphatic rings. The molecule has 134 valence electrons. The number of nitrogens with zero attached hydrogens (tertiary/aromatic N) is 4. The maximum atomic E-state index is 12.1. The van der Waals surface area contributed by atoms with Crippen LogP contribution in [0.3, 0.4) is 0 Å². The van der Waals surface area contributed by atoms with Crippen LogP contribution in [0, 0.1) is 6.92 Å². The first-order valence-electron chi connectivity index (χ1n) is 8.56. The fourth-order valence-corrected chi connectivity index (χ4v) is 3.81. The van der Waals surface area contributed by atoms with Crippen molar-refractivity contribution in [1.82, 2.24) is 19.9 Å². The van der Waals surface area contributed by atoms with Crippen molar-refractivity contribution < 1.29 is 4.79 Å². The molecular formula is C17H23N5O2S. The van der Waals surface area contributed by atoms with E-state index in [1.165, 1.54) is 40.3 Å². The van der Waals surface area contributed by atoms with E-state index in [2.05, 4.69) is 21.5 Å². The number of hydrogen-bond acceptors (Lipinski definition) is 6. The third kappa shape index (κ3) is 4.45. The van der Waals surface area contributed by atoms with Gasteiger partial charge in [-0.15, -0.1) is 5.10 Å². The van der Waals surface area contributed by atoms with Crippen LogP contribution in [0.5, 0.6) is 0 Å². The first kappa shape index (κ1) is 17.6. The standard InChI is InChI=1S/C17H23N5O2S/c1-12-10-15(24)22-16(19-12)25-17(20-22)21(2)11-14(23)18-9-8-13-6-4-3-5-7-13/h6,10H,3-5,7-9,11H2,1-2H3,(H,18,23). The van der Waals surface area contributed by atoms with Crippen molar-refractivity contribution in [1.29, 1.82) is 0 Å². The van der Waals surface area contributed by atoms with Crippen LogP contribution in [0.25, 0.3) is 4.96 Å². The van der Waals surface area contributed by atoms with Gasteiger partial charge in [0.15, 0.2) is 0 Å². The Bertz CT molecular complexity index is 854. The molecule has 2 heterocycles. The third-order valence-corrected chi connectivity index (χ3v) is 5.25. The molecule has 0 radical (unpaired) electrons. The van der Waals surface area contributed by atoms with E-state index in [0.29, 0.717) is 22.3 Å². The molecule has 0 saturated heterocycles. The van der Waals surface area contributed by atoms with Gasteiger partial charge in [0.05, 0.1) is 6.54 Å². The van der Waals surface area contributed by atoms with Crippen LogP contribution in [-0.2, 0) is 4.79 Å². The van der Waals surface area contributed by atoms with Crippen LogP contribution in [0.4, 0.5) is 5.13 Å². The molecule has 7 nitrogen and oxygen atoms in total. The number of allylic oxidation sites excluding steroid dienone is 1. The summed E-state index contributed by atoms with van der Waals surface area (Å²) < 4.78 is 1.27. The van der Waals surface area contributed by atoms with Crippen LogP contribution in [-0.4, -0.2) is 40.6 Å². The number of aryl methyl sites for hydroxylation is 1. The highest BCUT2D eigenvalue weighted by Crippen LogP contribution is 2.20. The van der Waals surface area contributed by atoms with E-state index < -0.39 is 0 Å². The van der Waals surface area contributed by atoms with E-state index in [1.807, 2.05) is 0 Å². The van der Waals surface area contributed by atoms with E-state index in [9.17, 15) is 9.59 Å². The van der Waals surface area contributed by atoms with Gasteiger partial charge in [-0.25, -0.2) is 4.98 Å². The van der Waals surface area contributed by atoms with E-state index >= 15 is 0 Å². The molecule has 0 aromatic carbocycles. The Kier molecular flexibility index (Phi) is 5.47. The summed E-state index contributed by atoms with van der Waals surface area (Å²) >= 11 is 1.30. The average molecular weight is 361 g/mol. The van der Waals surface area contributed by atoms with Gasteiger partial charge < -0.3 is 10.2 Å². The van der Waals surface area contributed by atoms with Crippen molar-refractivity contribution in [3.8, 4) is 0 Å².